The van der Waals surface area contributed by atoms with Crippen LogP contribution < -0.4 is 20.1 Å². The van der Waals surface area contributed by atoms with Crippen LogP contribution >= 0.6 is 0 Å². The molecule has 0 spiro atoms. The minimum absolute atomic E-state index is 0.0405. The fraction of sp³-hybridized carbons (Fsp3) is 0.214. The first-order valence-electron chi connectivity index (χ1n) is 12.6. The van der Waals surface area contributed by atoms with E-state index in [-0.39, 0.29) is 47.4 Å². The summed E-state index contributed by atoms with van der Waals surface area (Å²) in [5.74, 6) is -2.25. The molecule has 2 heterocycles. The van der Waals surface area contributed by atoms with Gasteiger partial charge in [-0.15, -0.1) is 0 Å². The summed E-state index contributed by atoms with van der Waals surface area (Å²) >= 11 is 0. The lowest BCUT2D eigenvalue weighted by atomic mass is 10.1. The monoisotopic (exact) mass is 578 g/mol. The van der Waals surface area contributed by atoms with Crippen molar-refractivity contribution in [3.8, 4) is 11.5 Å². The zero-order chi connectivity index (χ0) is 30.4. The van der Waals surface area contributed by atoms with Crippen molar-refractivity contribution in [1.82, 2.24) is 10.2 Å². The van der Waals surface area contributed by atoms with Gasteiger partial charge < -0.3 is 29.3 Å². The number of nitro benzene ring substituents is 1. The number of nitro groups is 1. The highest BCUT2D eigenvalue weighted by molar-refractivity contribution is 6.14. The number of imide groups is 1. The van der Waals surface area contributed by atoms with Crippen LogP contribution in [0.25, 0.3) is 6.08 Å². The number of benzene rings is 2. The van der Waals surface area contributed by atoms with Crippen LogP contribution in [0.5, 0.6) is 11.5 Å². The number of amides is 4. The van der Waals surface area contributed by atoms with Crippen LogP contribution in [0.15, 0.2) is 58.6 Å². The second-order valence-corrected chi connectivity index (χ2v) is 8.90. The Morgan fingerprint density at radius 3 is 2.52 bits per heavy atom. The van der Waals surface area contributed by atoms with Gasteiger partial charge in [0.05, 0.1) is 25.2 Å². The van der Waals surface area contributed by atoms with Gasteiger partial charge in [-0.2, -0.15) is 0 Å². The first-order valence-corrected chi connectivity index (χ1v) is 12.6. The van der Waals surface area contributed by atoms with Crippen LogP contribution in [-0.4, -0.2) is 54.0 Å². The fourth-order valence-corrected chi connectivity index (χ4v) is 3.92. The van der Waals surface area contributed by atoms with Crippen molar-refractivity contribution in [3.63, 3.8) is 0 Å². The topological polar surface area (TPSA) is 180 Å². The van der Waals surface area contributed by atoms with E-state index >= 15 is 0 Å². The molecular weight excluding hydrogens is 552 g/mol. The molecule has 0 bridgehead atoms. The van der Waals surface area contributed by atoms with Gasteiger partial charge in [0.25, 0.3) is 11.8 Å². The molecule has 14 nitrogen and oxygen atoms in total. The number of esters is 1. The Kier molecular flexibility index (Phi) is 8.85. The van der Waals surface area contributed by atoms with Crippen molar-refractivity contribution in [2.45, 2.75) is 20.4 Å². The summed E-state index contributed by atoms with van der Waals surface area (Å²) in [6, 6.07) is 11.6. The highest BCUT2D eigenvalue weighted by atomic mass is 16.6. The van der Waals surface area contributed by atoms with Crippen molar-refractivity contribution < 1.29 is 42.7 Å². The number of anilines is 1. The molecule has 14 heteroatoms. The average molecular weight is 579 g/mol. The summed E-state index contributed by atoms with van der Waals surface area (Å²) in [5.41, 5.74) is 1.01. The number of nitrogens with one attached hydrogen (secondary N) is 2. The maximum Gasteiger partial charge on any atom is 0.373 e. The molecule has 0 saturated carbocycles. The van der Waals surface area contributed by atoms with Gasteiger partial charge in [0.1, 0.15) is 11.5 Å². The summed E-state index contributed by atoms with van der Waals surface area (Å²) in [7, 11) is 1.18. The lowest BCUT2D eigenvalue weighted by molar-refractivity contribution is -0.385. The van der Waals surface area contributed by atoms with Crippen molar-refractivity contribution in [3.05, 3.63) is 87.0 Å². The second-order valence-electron chi connectivity index (χ2n) is 8.90. The van der Waals surface area contributed by atoms with Crippen molar-refractivity contribution in [2.75, 3.05) is 25.6 Å². The Hall–Kier alpha value is -5.66. The van der Waals surface area contributed by atoms with Gasteiger partial charge in [-0.25, -0.2) is 9.59 Å². The third-order valence-corrected chi connectivity index (χ3v) is 5.87. The number of carbonyl (C=O) groups excluding carboxylic acids is 4. The maximum absolute atomic E-state index is 13.0. The second kappa shape index (κ2) is 12.7. The Labute approximate surface area is 239 Å². The van der Waals surface area contributed by atoms with Crippen LogP contribution in [0.3, 0.4) is 0 Å². The number of rotatable bonds is 11. The zero-order valence-corrected chi connectivity index (χ0v) is 22.8. The van der Waals surface area contributed by atoms with Gasteiger partial charge in [-0.05, 0) is 55.8 Å². The van der Waals surface area contributed by atoms with Crippen LogP contribution in [0.2, 0.25) is 0 Å². The SMILES string of the molecule is CCOc1cc(/C=C2\NC(=O)N(Cc3ccc(C(=O)OC)o3)C2=O)cc([N+](=O)[O-])c1OCC(=O)Nc1ccc(C)cc1. The van der Waals surface area contributed by atoms with Crippen LogP contribution in [0, 0.1) is 17.0 Å². The molecule has 0 aliphatic carbocycles. The number of methoxy groups -OCH3 is 1. The van der Waals surface area contributed by atoms with E-state index in [1.807, 2.05) is 19.1 Å². The van der Waals surface area contributed by atoms with Gasteiger partial charge in [-0.1, -0.05) is 17.7 Å². The molecule has 2 aromatic carbocycles. The van der Waals surface area contributed by atoms with E-state index in [9.17, 15) is 29.3 Å². The van der Waals surface area contributed by atoms with Crippen LogP contribution in [-0.2, 0) is 20.9 Å². The van der Waals surface area contributed by atoms with E-state index in [2.05, 4.69) is 15.4 Å². The number of carbonyl (C=O) groups is 4. The average Bonchev–Trinajstić information content (AvgIpc) is 3.53. The quantitative estimate of drug-likeness (QED) is 0.112. The predicted octanol–water partition coefficient (Wildman–Crippen LogP) is 3.79. The van der Waals surface area contributed by atoms with E-state index in [0.717, 1.165) is 16.5 Å². The smallest absolute Gasteiger partial charge is 0.373 e. The molecular formula is C28H26N4O10. The molecule has 1 saturated heterocycles. The summed E-state index contributed by atoms with van der Waals surface area (Å²) < 4.78 is 21.0. The summed E-state index contributed by atoms with van der Waals surface area (Å²) in [6.07, 6.45) is 1.24. The highest BCUT2D eigenvalue weighted by Crippen LogP contribution is 2.39. The van der Waals surface area contributed by atoms with Gasteiger partial charge in [0, 0.05) is 11.8 Å². The minimum Gasteiger partial charge on any atom is -0.490 e. The molecule has 42 heavy (non-hydrogen) atoms. The molecule has 1 aliphatic rings. The van der Waals surface area contributed by atoms with E-state index in [0.29, 0.717) is 5.69 Å². The molecule has 2 N–H and O–H groups in total. The normalized spacial score (nSPS) is 13.6. The van der Waals surface area contributed by atoms with Crippen molar-refractivity contribution in [1.29, 1.82) is 0 Å². The summed E-state index contributed by atoms with van der Waals surface area (Å²) in [4.78, 5) is 61.6. The molecule has 4 rings (SSSR count). The number of aryl methyl sites for hydroxylation is 1. The lowest BCUT2D eigenvalue weighted by Gasteiger charge is -2.13. The Bertz CT molecular complexity index is 1580. The van der Waals surface area contributed by atoms with Crippen molar-refractivity contribution >= 4 is 41.3 Å². The number of hydrogen-bond donors (Lipinski definition) is 2. The molecule has 4 amide bonds. The maximum atomic E-state index is 13.0. The lowest BCUT2D eigenvalue weighted by Crippen LogP contribution is -2.30. The van der Waals surface area contributed by atoms with E-state index in [1.54, 1.807) is 19.1 Å². The molecule has 0 radical (unpaired) electrons. The summed E-state index contributed by atoms with van der Waals surface area (Å²) in [6.45, 7) is 2.86. The number of furan rings is 1. The third-order valence-electron chi connectivity index (χ3n) is 5.87. The van der Waals surface area contributed by atoms with Gasteiger partial charge >= 0.3 is 17.7 Å². The largest absolute Gasteiger partial charge is 0.490 e. The molecule has 3 aromatic rings. The summed E-state index contributed by atoms with van der Waals surface area (Å²) in [5, 5.41) is 17.0. The van der Waals surface area contributed by atoms with Gasteiger partial charge in [-0.3, -0.25) is 24.6 Å². The number of urea groups is 1. The third kappa shape index (κ3) is 6.72. The predicted molar refractivity (Wildman–Crippen MR) is 147 cm³/mol. The standard InChI is InChI=1S/C28H26N4O10/c1-4-40-23-13-17(11-20-26(34)31(28(36)30-20)14-19-9-10-22(42-19)27(35)39-3)12-21(32(37)38)25(23)41-15-24(33)29-18-7-5-16(2)6-8-18/h5-13H,4,14-15H2,1-3H3,(H,29,33)(H,30,36)/b20-11-. The molecule has 218 valence electrons. The fourth-order valence-electron chi connectivity index (χ4n) is 3.92. The van der Waals surface area contributed by atoms with Gasteiger partial charge in [0.15, 0.2) is 12.4 Å². The number of nitrogens with zero attached hydrogens (tertiary/aromatic N) is 2. The highest BCUT2D eigenvalue weighted by Gasteiger charge is 2.35. The first-order chi connectivity index (χ1) is 20.1. The van der Waals surface area contributed by atoms with E-state index in [4.69, 9.17) is 13.9 Å². The first kappa shape index (κ1) is 29.3. The Morgan fingerprint density at radius 2 is 1.86 bits per heavy atom. The minimum atomic E-state index is -0.763. The molecule has 1 aromatic heterocycles. The zero-order valence-electron chi connectivity index (χ0n) is 22.8. The van der Waals surface area contributed by atoms with E-state index in [1.165, 1.54) is 31.4 Å². The molecule has 1 aliphatic heterocycles. The van der Waals surface area contributed by atoms with Crippen LogP contribution in [0.1, 0.15) is 34.4 Å². The molecule has 0 atom stereocenters. The van der Waals surface area contributed by atoms with Crippen LogP contribution in [0.4, 0.5) is 16.2 Å². The Balaban J connectivity index is 1.54. The molecule has 0 unspecified atom stereocenters. The number of hydrogen-bond acceptors (Lipinski definition) is 10. The van der Waals surface area contributed by atoms with Gasteiger partial charge in [0.2, 0.25) is 11.5 Å². The van der Waals surface area contributed by atoms with Crippen molar-refractivity contribution in [2.24, 2.45) is 0 Å². The molecule has 1 fully saturated rings. The Morgan fingerprint density at radius 1 is 1.12 bits per heavy atom. The number of ether oxygens (including phenoxy) is 3. The van der Waals surface area contributed by atoms with E-state index < -0.39 is 41.0 Å².